The van der Waals surface area contributed by atoms with Crippen molar-refractivity contribution in [1.82, 2.24) is 10.2 Å². The van der Waals surface area contributed by atoms with Gasteiger partial charge in [0.1, 0.15) is 11.8 Å². The molecule has 1 N–H and O–H groups in total. The molecule has 0 saturated carbocycles. The first-order chi connectivity index (χ1) is 20.5. The topological polar surface area (TPSA) is 96.0 Å². The maximum absolute atomic E-state index is 14.0. The molecule has 9 heteroatoms. The average molecular weight is 608 g/mol. The number of carbonyl (C=O) groups is 2. The molecular weight excluding hydrogens is 562 g/mol. The molecule has 3 aromatic carbocycles. The Morgan fingerprint density at radius 3 is 2.19 bits per heavy atom. The van der Waals surface area contributed by atoms with E-state index < -0.39 is 16.1 Å². The fourth-order valence-corrected chi connectivity index (χ4v) is 5.76. The van der Waals surface area contributed by atoms with E-state index in [1.807, 2.05) is 82.3 Å². The van der Waals surface area contributed by atoms with Crippen molar-refractivity contribution >= 4 is 27.5 Å². The van der Waals surface area contributed by atoms with Crippen molar-refractivity contribution in [3.05, 3.63) is 95.6 Å². The summed E-state index contributed by atoms with van der Waals surface area (Å²) in [4.78, 5) is 29.3. The van der Waals surface area contributed by atoms with Crippen LogP contribution < -0.4 is 14.4 Å². The molecule has 232 valence electrons. The summed E-state index contributed by atoms with van der Waals surface area (Å²) in [5.41, 5.74) is 3.40. The summed E-state index contributed by atoms with van der Waals surface area (Å²) >= 11 is 0. The third-order valence-corrected chi connectivity index (χ3v) is 8.20. The van der Waals surface area contributed by atoms with E-state index in [1.54, 1.807) is 29.2 Å². The van der Waals surface area contributed by atoms with Crippen LogP contribution in [-0.4, -0.2) is 57.1 Å². The fraction of sp³-hybridized carbons (Fsp3) is 0.412. The molecule has 0 heterocycles. The van der Waals surface area contributed by atoms with E-state index in [1.165, 1.54) is 4.31 Å². The molecular formula is C34H45N3O5S. The number of hydrogen-bond donors (Lipinski definition) is 1. The number of amides is 2. The van der Waals surface area contributed by atoms with Gasteiger partial charge in [0.2, 0.25) is 21.8 Å². The van der Waals surface area contributed by atoms with Crippen LogP contribution in [0.4, 0.5) is 5.69 Å². The summed E-state index contributed by atoms with van der Waals surface area (Å²) in [5, 5.41) is 3.03. The molecule has 3 aromatic rings. The summed E-state index contributed by atoms with van der Waals surface area (Å²) in [6.45, 7) is 9.14. The predicted molar refractivity (Wildman–Crippen MR) is 173 cm³/mol. The molecule has 3 rings (SSSR count). The van der Waals surface area contributed by atoms with Gasteiger partial charge < -0.3 is 15.0 Å². The summed E-state index contributed by atoms with van der Waals surface area (Å²) in [6, 6.07) is 23.8. The highest BCUT2D eigenvalue weighted by Crippen LogP contribution is 2.30. The smallest absolute Gasteiger partial charge is 0.243 e. The first-order valence-corrected chi connectivity index (χ1v) is 16.7. The van der Waals surface area contributed by atoms with Gasteiger partial charge in [0.15, 0.2) is 0 Å². The quantitative estimate of drug-likeness (QED) is 0.237. The van der Waals surface area contributed by atoms with Crippen molar-refractivity contribution < 1.29 is 22.7 Å². The Kier molecular flexibility index (Phi) is 12.6. The van der Waals surface area contributed by atoms with Crippen LogP contribution in [0, 0.1) is 12.8 Å². The molecule has 0 radical (unpaired) electrons. The highest BCUT2D eigenvalue weighted by atomic mass is 32.2. The highest BCUT2D eigenvalue weighted by molar-refractivity contribution is 7.92. The monoisotopic (exact) mass is 607 g/mol. The van der Waals surface area contributed by atoms with E-state index in [0.717, 1.165) is 22.9 Å². The van der Waals surface area contributed by atoms with Gasteiger partial charge in [-0.05, 0) is 49.4 Å². The molecule has 0 aromatic heterocycles. The van der Waals surface area contributed by atoms with Crippen LogP contribution in [0.2, 0.25) is 0 Å². The van der Waals surface area contributed by atoms with Crippen molar-refractivity contribution in [2.24, 2.45) is 5.92 Å². The van der Waals surface area contributed by atoms with Gasteiger partial charge in [0, 0.05) is 32.5 Å². The Morgan fingerprint density at radius 1 is 0.907 bits per heavy atom. The number of benzene rings is 3. The molecule has 0 bridgehead atoms. The molecule has 8 nitrogen and oxygen atoms in total. The molecule has 0 spiro atoms. The van der Waals surface area contributed by atoms with E-state index in [2.05, 4.69) is 5.32 Å². The third-order valence-electron chi connectivity index (χ3n) is 7.02. The van der Waals surface area contributed by atoms with Crippen LogP contribution in [-0.2, 0) is 32.6 Å². The van der Waals surface area contributed by atoms with Gasteiger partial charge >= 0.3 is 0 Å². The number of aryl methyl sites for hydroxylation is 1. The van der Waals surface area contributed by atoms with Crippen LogP contribution >= 0.6 is 0 Å². The number of nitrogens with zero attached hydrogens (tertiary/aromatic N) is 2. The number of sulfonamides is 1. The van der Waals surface area contributed by atoms with Gasteiger partial charge in [0.25, 0.3) is 0 Å². The molecule has 0 aliphatic carbocycles. The summed E-state index contributed by atoms with van der Waals surface area (Å²) in [6.07, 6.45) is 1.84. The zero-order valence-electron chi connectivity index (χ0n) is 26.0. The summed E-state index contributed by atoms with van der Waals surface area (Å²) < 4.78 is 32.6. The molecule has 0 aliphatic heterocycles. The molecule has 1 atom stereocenters. The van der Waals surface area contributed by atoms with Crippen LogP contribution in [0.25, 0.3) is 0 Å². The van der Waals surface area contributed by atoms with Crippen molar-refractivity contribution in [1.29, 1.82) is 0 Å². The zero-order valence-corrected chi connectivity index (χ0v) is 26.8. The lowest BCUT2D eigenvalue weighted by molar-refractivity contribution is -0.141. The van der Waals surface area contributed by atoms with Gasteiger partial charge in [-0.3, -0.25) is 13.9 Å². The zero-order chi connectivity index (χ0) is 31.4. The first-order valence-electron chi connectivity index (χ1n) is 14.9. The van der Waals surface area contributed by atoms with Crippen LogP contribution in [0.5, 0.6) is 5.75 Å². The largest absolute Gasteiger partial charge is 0.492 e. The van der Waals surface area contributed by atoms with E-state index in [9.17, 15) is 18.0 Å². The van der Waals surface area contributed by atoms with Gasteiger partial charge in [-0.1, -0.05) is 86.1 Å². The Labute approximate surface area is 257 Å². The lowest BCUT2D eigenvalue weighted by atomic mass is 10.0. The number of rotatable bonds is 16. The predicted octanol–water partition coefficient (Wildman–Crippen LogP) is 5.35. The molecule has 0 fully saturated rings. The van der Waals surface area contributed by atoms with Crippen LogP contribution in [0.3, 0.4) is 0 Å². The average Bonchev–Trinajstić information content (AvgIpc) is 2.97. The Hall–Kier alpha value is -3.85. The van der Waals surface area contributed by atoms with Gasteiger partial charge in [0.05, 0.1) is 18.6 Å². The second-order valence-corrected chi connectivity index (χ2v) is 13.1. The lowest BCUT2D eigenvalue weighted by Crippen LogP contribution is -2.51. The Morgan fingerprint density at radius 2 is 1.56 bits per heavy atom. The van der Waals surface area contributed by atoms with Crippen LogP contribution in [0.1, 0.15) is 50.3 Å². The third kappa shape index (κ3) is 10.4. The second-order valence-electron chi connectivity index (χ2n) is 11.2. The summed E-state index contributed by atoms with van der Waals surface area (Å²) in [5.74, 6) is 0.297. The molecule has 2 amide bonds. The van der Waals surface area contributed by atoms with Crippen molar-refractivity contribution in [2.45, 2.75) is 59.5 Å². The van der Waals surface area contributed by atoms with E-state index in [0.29, 0.717) is 31.0 Å². The molecule has 0 unspecified atom stereocenters. The van der Waals surface area contributed by atoms with Gasteiger partial charge in [-0.25, -0.2) is 8.42 Å². The van der Waals surface area contributed by atoms with Crippen molar-refractivity contribution in [3.63, 3.8) is 0 Å². The minimum atomic E-state index is -3.65. The fourth-order valence-electron chi connectivity index (χ4n) is 4.79. The Balaban J connectivity index is 1.89. The number of carbonyl (C=O) groups excluding carboxylic acids is 2. The van der Waals surface area contributed by atoms with Gasteiger partial charge in [-0.15, -0.1) is 0 Å². The van der Waals surface area contributed by atoms with Crippen molar-refractivity contribution in [2.75, 3.05) is 30.3 Å². The van der Waals surface area contributed by atoms with E-state index in [-0.39, 0.29) is 43.7 Å². The van der Waals surface area contributed by atoms with E-state index >= 15 is 0 Å². The molecule has 0 aliphatic rings. The lowest BCUT2D eigenvalue weighted by Gasteiger charge is -2.32. The molecule has 0 saturated heterocycles. The van der Waals surface area contributed by atoms with E-state index in [4.69, 9.17) is 4.74 Å². The first kappa shape index (κ1) is 33.6. The normalized spacial score (nSPS) is 12.0. The minimum Gasteiger partial charge on any atom is -0.492 e. The minimum absolute atomic E-state index is 0.0669. The maximum atomic E-state index is 14.0. The summed E-state index contributed by atoms with van der Waals surface area (Å²) in [7, 11) is -3.65. The number of nitrogens with one attached hydrogen (secondary N) is 1. The number of hydrogen-bond acceptors (Lipinski definition) is 5. The standard InChI is InChI=1S/C34H45N3O5S/c1-6-42-32-16-11-10-15-30(32)37(43(5,40)41)22-12-17-33(38)36(25-29-20-18-27(4)19-21-29)31(34(39)35-24-26(2)3)23-28-13-8-7-9-14-28/h7-11,13-16,18-21,26,31H,6,12,17,22-25H2,1-5H3,(H,35,39)/t31-/m0/s1. The highest BCUT2D eigenvalue weighted by Gasteiger charge is 2.31. The maximum Gasteiger partial charge on any atom is 0.243 e. The number of ether oxygens (including phenoxy) is 1. The van der Waals surface area contributed by atoms with Crippen molar-refractivity contribution in [3.8, 4) is 5.75 Å². The molecule has 43 heavy (non-hydrogen) atoms. The SMILES string of the molecule is CCOc1ccccc1N(CCCC(=O)N(Cc1ccc(C)cc1)[C@@H](Cc1ccccc1)C(=O)NCC(C)C)S(C)(=O)=O. The van der Waals surface area contributed by atoms with Crippen LogP contribution in [0.15, 0.2) is 78.9 Å². The van der Waals surface area contributed by atoms with Gasteiger partial charge in [-0.2, -0.15) is 0 Å². The number of anilines is 1. The second kappa shape index (κ2) is 16.1. The Bertz CT molecular complexity index is 1430. The number of para-hydroxylation sites is 2.